The largest absolute Gasteiger partial charge is 0.351 e. The van der Waals surface area contributed by atoms with Crippen molar-refractivity contribution < 1.29 is 9.18 Å². The lowest BCUT2D eigenvalue weighted by atomic mass is 10.3. The molecule has 1 amide bonds. The Morgan fingerprint density at radius 1 is 1.62 bits per heavy atom. The Bertz CT molecular complexity index is 354. The van der Waals surface area contributed by atoms with Gasteiger partial charge < -0.3 is 5.32 Å². The standard InChI is InChI=1S/C11H13FN2OS/c1-2-6-16-7-5-13-11(15)9-3-4-10(12)14-8-9/h2-4,8H,1,5-7H2,(H,13,15). The fourth-order valence-electron chi connectivity index (χ4n) is 1.02. The van der Waals surface area contributed by atoms with Gasteiger partial charge in [0.1, 0.15) is 0 Å². The molecule has 0 unspecified atom stereocenters. The number of carbonyl (C=O) groups is 1. The number of carbonyl (C=O) groups excluding carboxylic acids is 1. The molecule has 0 fully saturated rings. The van der Waals surface area contributed by atoms with Gasteiger partial charge >= 0.3 is 0 Å². The molecule has 0 saturated carbocycles. The first-order valence-corrected chi connectivity index (χ1v) is 5.98. The van der Waals surface area contributed by atoms with Crippen molar-refractivity contribution in [3.63, 3.8) is 0 Å². The highest BCUT2D eigenvalue weighted by Crippen LogP contribution is 2.00. The minimum Gasteiger partial charge on any atom is -0.351 e. The van der Waals surface area contributed by atoms with E-state index in [9.17, 15) is 9.18 Å². The highest BCUT2D eigenvalue weighted by atomic mass is 32.2. The van der Waals surface area contributed by atoms with Crippen LogP contribution in [-0.2, 0) is 0 Å². The zero-order valence-electron chi connectivity index (χ0n) is 8.78. The zero-order chi connectivity index (χ0) is 11.8. The molecule has 3 nitrogen and oxygen atoms in total. The average molecular weight is 240 g/mol. The minimum atomic E-state index is -0.585. The van der Waals surface area contributed by atoms with E-state index >= 15 is 0 Å². The Morgan fingerprint density at radius 3 is 3.06 bits per heavy atom. The van der Waals surface area contributed by atoms with E-state index in [1.165, 1.54) is 18.3 Å². The van der Waals surface area contributed by atoms with Crippen molar-refractivity contribution >= 4 is 17.7 Å². The van der Waals surface area contributed by atoms with E-state index in [2.05, 4.69) is 16.9 Å². The number of halogens is 1. The lowest BCUT2D eigenvalue weighted by molar-refractivity contribution is 0.0955. The number of thioether (sulfide) groups is 1. The quantitative estimate of drug-likeness (QED) is 0.469. The molecule has 1 heterocycles. The van der Waals surface area contributed by atoms with E-state index in [1.807, 2.05) is 6.08 Å². The van der Waals surface area contributed by atoms with E-state index in [0.717, 1.165) is 11.5 Å². The number of aromatic nitrogens is 1. The molecule has 5 heteroatoms. The van der Waals surface area contributed by atoms with Gasteiger partial charge in [0.05, 0.1) is 5.56 Å². The number of hydrogen-bond donors (Lipinski definition) is 1. The van der Waals surface area contributed by atoms with Gasteiger partial charge in [-0.2, -0.15) is 16.2 Å². The van der Waals surface area contributed by atoms with Crippen LogP contribution in [-0.4, -0.2) is 28.9 Å². The summed E-state index contributed by atoms with van der Waals surface area (Å²) in [6.07, 6.45) is 3.04. The normalized spacial score (nSPS) is 9.81. The number of rotatable bonds is 6. The molecule has 0 spiro atoms. The topological polar surface area (TPSA) is 42.0 Å². The van der Waals surface area contributed by atoms with Gasteiger partial charge in [-0.05, 0) is 12.1 Å². The predicted octanol–water partition coefficient (Wildman–Crippen LogP) is 1.87. The molecule has 16 heavy (non-hydrogen) atoms. The summed E-state index contributed by atoms with van der Waals surface area (Å²) in [6.45, 7) is 4.18. The van der Waals surface area contributed by atoms with Crippen molar-refractivity contribution in [1.29, 1.82) is 0 Å². The van der Waals surface area contributed by atoms with Gasteiger partial charge in [-0.15, -0.1) is 6.58 Å². The second-order valence-electron chi connectivity index (χ2n) is 2.99. The first-order valence-electron chi connectivity index (χ1n) is 4.82. The maximum atomic E-state index is 12.5. The van der Waals surface area contributed by atoms with Gasteiger partial charge in [0.2, 0.25) is 5.95 Å². The molecule has 1 aromatic heterocycles. The van der Waals surface area contributed by atoms with Crippen LogP contribution < -0.4 is 5.32 Å². The fourth-order valence-corrected chi connectivity index (χ4v) is 1.60. The summed E-state index contributed by atoms with van der Waals surface area (Å²) in [5.41, 5.74) is 0.370. The average Bonchev–Trinajstić information content (AvgIpc) is 2.29. The molecule has 0 aliphatic carbocycles. The molecule has 0 aromatic carbocycles. The number of pyridine rings is 1. The first kappa shape index (κ1) is 12.7. The summed E-state index contributed by atoms with van der Waals surface area (Å²) < 4.78 is 12.5. The van der Waals surface area contributed by atoms with E-state index in [-0.39, 0.29) is 5.91 Å². The van der Waals surface area contributed by atoms with Crippen molar-refractivity contribution in [2.75, 3.05) is 18.1 Å². The Balaban J connectivity index is 2.29. The molecule has 0 radical (unpaired) electrons. The van der Waals surface area contributed by atoms with Gasteiger partial charge in [-0.3, -0.25) is 4.79 Å². The van der Waals surface area contributed by atoms with Crippen LogP contribution in [0.2, 0.25) is 0 Å². The molecular formula is C11H13FN2OS. The molecular weight excluding hydrogens is 227 g/mol. The number of nitrogens with zero attached hydrogens (tertiary/aromatic N) is 1. The van der Waals surface area contributed by atoms with E-state index in [0.29, 0.717) is 12.1 Å². The second-order valence-corrected chi connectivity index (χ2v) is 4.14. The third kappa shape index (κ3) is 4.44. The van der Waals surface area contributed by atoms with Crippen molar-refractivity contribution in [3.8, 4) is 0 Å². The van der Waals surface area contributed by atoms with Crippen molar-refractivity contribution in [2.45, 2.75) is 0 Å². The highest BCUT2D eigenvalue weighted by Gasteiger charge is 2.04. The molecule has 1 N–H and O–H groups in total. The zero-order valence-corrected chi connectivity index (χ0v) is 9.60. The van der Waals surface area contributed by atoms with Gasteiger partial charge in [0.25, 0.3) is 5.91 Å². The number of hydrogen-bond acceptors (Lipinski definition) is 3. The lowest BCUT2D eigenvalue weighted by Crippen LogP contribution is -2.25. The monoisotopic (exact) mass is 240 g/mol. The summed E-state index contributed by atoms with van der Waals surface area (Å²) >= 11 is 1.68. The van der Waals surface area contributed by atoms with Crippen LogP contribution >= 0.6 is 11.8 Å². The molecule has 1 aromatic rings. The van der Waals surface area contributed by atoms with E-state index in [1.54, 1.807) is 11.8 Å². The summed E-state index contributed by atoms with van der Waals surface area (Å²) in [6, 6.07) is 2.58. The molecule has 0 atom stereocenters. The van der Waals surface area contributed by atoms with Gasteiger partial charge in [0.15, 0.2) is 0 Å². The molecule has 0 aliphatic heterocycles. The maximum Gasteiger partial charge on any atom is 0.252 e. The third-order valence-corrected chi connectivity index (χ3v) is 2.72. The van der Waals surface area contributed by atoms with E-state index in [4.69, 9.17) is 0 Å². The Kier molecular flexibility index (Phi) is 5.56. The summed E-state index contributed by atoms with van der Waals surface area (Å²) in [7, 11) is 0. The SMILES string of the molecule is C=CCSCCNC(=O)c1ccc(F)nc1. The molecule has 1 rings (SSSR count). The van der Waals surface area contributed by atoms with Crippen molar-refractivity contribution in [2.24, 2.45) is 0 Å². The number of nitrogens with one attached hydrogen (secondary N) is 1. The number of amides is 1. The summed E-state index contributed by atoms with van der Waals surface area (Å²) in [5.74, 6) is 0.880. The van der Waals surface area contributed by atoms with Crippen LogP contribution in [0.3, 0.4) is 0 Å². The first-order chi connectivity index (χ1) is 7.74. The lowest BCUT2D eigenvalue weighted by Gasteiger charge is -2.03. The van der Waals surface area contributed by atoms with Crippen LogP contribution in [0.4, 0.5) is 4.39 Å². The smallest absolute Gasteiger partial charge is 0.252 e. The van der Waals surface area contributed by atoms with Crippen LogP contribution in [0.1, 0.15) is 10.4 Å². The van der Waals surface area contributed by atoms with Crippen LogP contribution in [0.5, 0.6) is 0 Å². The molecule has 0 aliphatic rings. The summed E-state index contributed by atoms with van der Waals surface area (Å²) in [4.78, 5) is 14.9. The van der Waals surface area contributed by atoms with Gasteiger partial charge in [-0.1, -0.05) is 6.08 Å². The van der Waals surface area contributed by atoms with Crippen molar-refractivity contribution in [1.82, 2.24) is 10.3 Å². The van der Waals surface area contributed by atoms with Gasteiger partial charge in [0, 0.05) is 24.2 Å². The Hall–Kier alpha value is -1.36. The van der Waals surface area contributed by atoms with Crippen LogP contribution in [0.25, 0.3) is 0 Å². The maximum absolute atomic E-state index is 12.5. The summed E-state index contributed by atoms with van der Waals surface area (Å²) in [5, 5.41) is 2.72. The van der Waals surface area contributed by atoms with Crippen LogP contribution in [0.15, 0.2) is 31.0 Å². The Labute approximate surface area is 98.2 Å². The fraction of sp³-hybridized carbons (Fsp3) is 0.273. The predicted molar refractivity (Wildman–Crippen MR) is 64.1 cm³/mol. The van der Waals surface area contributed by atoms with E-state index < -0.39 is 5.95 Å². The molecule has 0 bridgehead atoms. The highest BCUT2D eigenvalue weighted by molar-refractivity contribution is 7.99. The Morgan fingerprint density at radius 2 is 2.44 bits per heavy atom. The molecule has 86 valence electrons. The third-order valence-electron chi connectivity index (χ3n) is 1.76. The van der Waals surface area contributed by atoms with Crippen molar-refractivity contribution in [3.05, 3.63) is 42.5 Å². The van der Waals surface area contributed by atoms with Crippen LogP contribution in [0, 0.1) is 5.95 Å². The second kappa shape index (κ2) is 7.00. The minimum absolute atomic E-state index is 0.230. The molecule has 0 saturated heterocycles. The van der Waals surface area contributed by atoms with Gasteiger partial charge in [-0.25, -0.2) is 4.98 Å².